The van der Waals surface area contributed by atoms with E-state index in [2.05, 4.69) is 10.1 Å². The zero-order valence-electron chi connectivity index (χ0n) is 15.0. The Hall–Kier alpha value is -1.94. The summed E-state index contributed by atoms with van der Waals surface area (Å²) >= 11 is 0. The van der Waals surface area contributed by atoms with Gasteiger partial charge in [-0.3, -0.25) is 0 Å². The van der Waals surface area contributed by atoms with Crippen LogP contribution in [-0.2, 0) is 22.6 Å². The molecule has 2 heterocycles. The number of rotatable bonds is 5. The average molecular weight is 415 g/mol. The van der Waals surface area contributed by atoms with Gasteiger partial charge < -0.3 is 4.52 Å². The van der Waals surface area contributed by atoms with Crippen LogP contribution in [0.25, 0.3) is 0 Å². The van der Waals surface area contributed by atoms with Crippen LogP contribution in [0.1, 0.15) is 48.9 Å². The fraction of sp³-hybridized carbons (Fsp3) is 0.556. The van der Waals surface area contributed by atoms with Crippen molar-refractivity contribution in [3.05, 3.63) is 41.5 Å². The van der Waals surface area contributed by atoms with Crippen molar-refractivity contribution in [2.24, 2.45) is 5.92 Å². The normalized spacial score (nSPS) is 21.8. The van der Waals surface area contributed by atoms with Crippen molar-refractivity contribution in [3.8, 4) is 0 Å². The van der Waals surface area contributed by atoms with Gasteiger partial charge in [-0.1, -0.05) is 11.2 Å². The lowest BCUT2D eigenvalue weighted by molar-refractivity contribution is -0.137. The molecule has 1 saturated heterocycles. The first-order valence-corrected chi connectivity index (χ1v) is 10.7. The van der Waals surface area contributed by atoms with E-state index in [0.29, 0.717) is 36.5 Å². The summed E-state index contributed by atoms with van der Waals surface area (Å²) in [4.78, 5) is 4.04. The summed E-state index contributed by atoms with van der Waals surface area (Å²) in [5.41, 5.74) is -0.972. The SMILES string of the molecule is O=S(=O)(c1cccc(C(F)(F)F)c1)N1CCC[C@@H](Cc2nc(C3CC3)no2)C1. The number of nitrogens with zero attached hydrogens (tertiary/aromatic N) is 3. The Morgan fingerprint density at radius 1 is 1.21 bits per heavy atom. The number of sulfonamides is 1. The van der Waals surface area contributed by atoms with Crippen molar-refractivity contribution in [1.29, 1.82) is 0 Å². The van der Waals surface area contributed by atoms with Gasteiger partial charge in [0, 0.05) is 25.4 Å². The number of halogens is 3. The number of alkyl halides is 3. The lowest BCUT2D eigenvalue weighted by Gasteiger charge is -2.31. The Labute approximate surface area is 160 Å². The molecular formula is C18H20F3N3O3S. The quantitative estimate of drug-likeness (QED) is 0.746. The molecule has 0 spiro atoms. The maximum absolute atomic E-state index is 12.9. The zero-order valence-corrected chi connectivity index (χ0v) is 15.8. The molecule has 0 unspecified atom stereocenters. The first kappa shape index (κ1) is 19.4. The maximum Gasteiger partial charge on any atom is 0.416 e. The van der Waals surface area contributed by atoms with Crippen molar-refractivity contribution in [1.82, 2.24) is 14.4 Å². The Morgan fingerprint density at radius 2 is 2.00 bits per heavy atom. The van der Waals surface area contributed by atoms with Crippen LogP contribution in [0.5, 0.6) is 0 Å². The summed E-state index contributed by atoms with van der Waals surface area (Å²) in [6.07, 6.45) is -0.569. The highest BCUT2D eigenvalue weighted by molar-refractivity contribution is 7.89. The first-order valence-electron chi connectivity index (χ1n) is 9.23. The third kappa shape index (κ3) is 4.07. The summed E-state index contributed by atoms with van der Waals surface area (Å²) < 4.78 is 71.1. The summed E-state index contributed by atoms with van der Waals surface area (Å²) in [5, 5.41) is 3.97. The van der Waals surface area contributed by atoms with Crippen molar-refractivity contribution in [3.63, 3.8) is 0 Å². The maximum atomic E-state index is 12.9. The van der Waals surface area contributed by atoms with E-state index in [9.17, 15) is 21.6 Å². The molecule has 1 saturated carbocycles. The molecule has 2 aliphatic rings. The van der Waals surface area contributed by atoms with E-state index in [4.69, 9.17) is 4.52 Å². The molecule has 10 heteroatoms. The van der Waals surface area contributed by atoms with Crippen LogP contribution < -0.4 is 0 Å². The molecule has 28 heavy (non-hydrogen) atoms. The topological polar surface area (TPSA) is 76.3 Å². The third-order valence-corrected chi connectivity index (χ3v) is 7.03. The van der Waals surface area contributed by atoms with Crippen LogP contribution in [0.15, 0.2) is 33.7 Å². The second-order valence-corrected chi connectivity index (χ2v) is 9.36. The van der Waals surface area contributed by atoms with E-state index >= 15 is 0 Å². The van der Waals surface area contributed by atoms with Crippen molar-refractivity contribution >= 4 is 10.0 Å². The fourth-order valence-corrected chi connectivity index (χ4v) is 5.10. The minimum atomic E-state index is -4.59. The number of piperidine rings is 1. The first-order chi connectivity index (χ1) is 13.2. The van der Waals surface area contributed by atoms with Gasteiger partial charge in [-0.2, -0.15) is 22.5 Å². The average Bonchev–Trinajstić information content (AvgIpc) is 3.41. The van der Waals surface area contributed by atoms with Crippen LogP contribution in [0.2, 0.25) is 0 Å². The number of hydrogen-bond donors (Lipinski definition) is 0. The largest absolute Gasteiger partial charge is 0.416 e. The van der Waals surface area contributed by atoms with Gasteiger partial charge in [0.1, 0.15) is 0 Å². The fourth-order valence-electron chi connectivity index (χ4n) is 3.50. The van der Waals surface area contributed by atoms with Crippen LogP contribution in [-0.4, -0.2) is 36.0 Å². The van der Waals surface area contributed by atoms with Gasteiger partial charge in [0.2, 0.25) is 15.9 Å². The van der Waals surface area contributed by atoms with Gasteiger partial charge in [-0.05, 0) is 49.8 Å². The Morgan fingerprint density at radius 3 is 2.71 bits per heavy atom. The van der Waals surface area contributed by atoms with E-state index in [1.807, 2.05) is 0 Å². The van der Waals surface area contributed by atoms with Crippen LogP contribution in [0.3, 0.4) is 0 Å². The van der Waals surface area contributed by atoms with Gasteiger partial charge in [0.05, 0.1) is 10.5 Å². The lowest BCUT2D eigenvalue weighted by atomic mass is 9.96. The molecule has 4 rings (SSSR count). The van der Waals surface area contributed by atoms with Gasteiger partial charge >= 0.3 is 6.18 Å². The second-order valence-electron chi connectivity index (χ2n) is 7.42. The van der Waals surface area contributed by atoms with Crippen molar-refractivity contribution in [2.45, 2.75) is 49.1 Å². The number of aromatic nitrogens is 2. The molecule has 0 radical (unpaired) electrons. The van der Waals surface area contributed by atoms with E-state index in [0.717, 1.165) is 31.4 Å². The monoisotopic (exact) mass is 415 g/mol. The van der Waals surface area contributed by atoms with Crippen LogP contribution >= 0.6 is 0 Å². The molecule has 0 amide bonds. The number of hydrogen-bond acceptors (Lipinski definition) is 5. The van der Waals surface area contributed by atoms with Crippen molar-refractivity contribution in [2.75, 3.05) is 13.1 Å². The smallest absolute Gasteiger partial charge is 0.339 e. The molecule has 0 N–H and O–H groups in total. The van der Waals surface area contributed by atoms with Crippen LogP contribution in [0, 0.1) is 5.92 Å². The predicted octanol–water partition coefficient (Wildman–Crippen LogP) is 3.61. The van der Waals surface area contributed by atoms with Crippen molar-refractivity contribution < 1.29 is 26.1 Å². The minimum absolute atomic E-state index is 0.0122. The molecule has 1 aliphatic carbocycles. The summed E-state index contributed by atoms with van der Waals surface area (Å²) in [5.74, 6) is 1.56. The standard InChI is InChI=1S/C18H20F3N3O3S/c19-18(20,21)14-4-1-5-15(10-14)28(25,26)24-8-2-3-12(11-24)9-16-22-17(23-27-16)13-6-7-13/h1,4-5,10,12-13H,2-3,6-9,11H2/t12-/m0/s1. The minimum Gasteiger partial charge on any atom is -0.339 e. The molecule has 1 aromatic carbocycles. The second kappa shape index (κ2) is 7.14. The predicted molar refractivity (Wildman–Crippen MR) is 92.9 cm³/mol. The van der Waals surface area contributed by atoms with Gasteiger partial charge in [-0.15, -0.1) is 0 Å². The molecule has 6 nitrogen and oxygen atoms in total. The third-order valence-electron chi connectivity index (χ3n) is 5.17. The molecule has 2 aromatic rings. The molecule has 1 atom stereocenters. The summed E-state index contributed by atoms with van der Waals surface area (Å²) in [7, 11) is -4.00. The van der Waals surface area contributed by atoms with Gasteiger partial charge in [0.25, 0.3) is 0 Å². The Bertz CT molecular complexity index is 954. The molecule has 0 bridgehead atoms. The molecule has 1 aliphatic heterocycles. The van der Waals surface area contributed by atoms with Gasteiger partial charge in [0.15, 0.2) is 5.82 Å². The molecule has 2 fully saturated rings. The highest BCUT2D eigenvalue weighted by Gasteiger charge is 2.35. The van der Waals surface area contributed by atoms with E-state index < -0.39 is 21.8 Å². The highest BCUT2D eigenvalue weighted by atomic mass is 32.2. The van der Waals surface area contributed by atoms with E-state index in [1.165, 1.54) is 10.4 Å². The lowest BCUT2D eigenvalue weighted by Crippen LogP contribution is -2.40. The number of benzene rings is 1. The molecular weight excluding hydrogens is 395 g/mol. The molecule has 152 valence electrons. The summed E-state index contributed by atoms with van der Waals surface area (Å²) in [6.45, 7) is 0.506. The van der Waals surface area contributed by atoms with E-state index in [1.54, 1.807) is 0 Å². The Kier molecular flexibility index (Phi) is 4.95. The van der Waals surface area contributed by atoms with Crippen LogP contribution in [0.4, 0.5) is 13.2 Å². The molecule has 1 aromatic heterocycles. The zero-order chi connectivity index (χ0) is 19.9. The van der Waals surface area contributed by atoms with E-state index in [-0.39, 0.29) is 23.9 Å². The van der Waals surface area contributed by atoms with Gasteiger partial charge in [-0.25, -0.2) is 8.42 Å². The summed E-state index contributed by atoms with van der Waals surface area (Å²) in [6, 6.07) is 3.88. The highest BCUT2D eigenvalue weighted by Crippen LogP contribution is 2.38. The Balaban J connectivity index is 1.48.